The molecule has 0 bridgehead atoms. The van der Waals surface area contributed by atoms with Crippen LogP contribution in [-0.2, 0) is 6.42 Å². The van der Waals surface area contributed by atoms with Gasteiger partial charge >= 0.3 is 0 Å². The molecule has 2 aromatic rings. The van der Waals surface area contributed by atoms with Crippen molar-refractivity contribution in [2.24, 2.45) is 0 Å². The smallest absolute Gasteiger partial charge is 0.0704 e. The van der Waals surface area contributed by atoms with Crippen LogP contribution in [0.2, 0.25) is 0 Å². The highest BCUT2D eigenvalue weighted by Gasteiger charge is 1.96. The minimum Gasteiger partial charge on any atom is -0.256 e. The summed E-state index contributed by atoms with van der Waals surface area (Å²) >= 11 is 0. The van der Waals surface area contributed by atoms with Gasteiger partial charge in [0.1, 0.15) is 0 Å². The van der Waals surface area contributed by atoms with E-state index in [1.807, 2.05) is 12.3 Å². The van der Waals surface area contributed by atoms with Gasteiger partial charge in [0.15, 0.2) is 0 Å². The van der Waals surface area contributed by atoms with Crippen molar-refractivity contribution in [3.8, 4) is 0 Å². The Morgan fingerprint density at radius 1 is 1.13 bits per heavy atom. The number of nitrogens with zero attached hydrogens (tertiary/aromatic N) is 1. The van der Waals surface area contributed by atoms with Crippen LogP contribution in [0.3, 0.4) is 0 Å². The summed E-state index contributed by atoms with van der Waals surface area (Å²) in [5.41, 5.74) is 2.53. The lowest BCUT2D eigenvalue weighted by Crippen LogP contribution is -1.86. The number of aromatic nitrogens is 1. The van der Waals surface area contributed by atoms with E-state index in [1.54, 1.807) is 0 Å². The number of aryl methyl sites for hydroxylation is 1. The first-order chi connectivity index (χ1) is 7.40. The van der Waals surface area contributed by atoms with Crippen molar-refractivity contribution >= 4 is 10.9 Å². The van der Waals surface area contributed by atoms with Crippen LogP contribution in [0, 0.1) is 0 Å². The SMILES string of the molecule is CCCCCc1ccc2cccnc2c1. The first-order valence-corrected chi connectivity index (χ1v) is 5.74. The zero-order chi connectivity index (χ0) is 10.5. The van der Waals surface area contributed by atoms with Gasteiger partial charge in [-0.15, -0.1) is 0 Å². The van der Waals surface area contributed by atoms with Crippen LogP contribution in [0.4, 0.5) is 0 Å². The van der Waals surface area contributed by atoms with E-state index in [2.05, 4.69) is 36.2 Å². The molecule has 0 saturated heterocycles. The molecular formula is C14H17N. The van der Waals surface area contributed by atoms with Gasteiger partial charge in [-0.05, 0) is 30.5 Å². The fraction of sp³-hybridized carbons (Fsp3) is 0.357. The van der Waals surface area contributed by atoms with Gasteiger partial charge in [-0.3, -0.25) is 4.98 Å². The lowest BCUT2D eigenvalue weighted by Gasteiger charge is -2.02. The second-order valence-corrected chi connectivity index (χ2v) is 3.99. The third-order valence-electron chi connectivity index (χ3n) is 2.74. The molecular weight excluding hydrogens is 182 g/mol. The van der Waals surface area contributed by atoms with Gasteiger partial charge in [-0.2, -0.15) is 0 Å². The number of benzene rings is 1. The lowest BCUT2D eigenvalue weighted by atomic mass is 10.1. The molecule has 0 aliphatic heterocycles. The van der Waals surface area contributed by atoms with E-state index in [4.69, 9.17) is 0 Å². The van der Waals surface area contributed by atoms with Crippen molar-refractivity contribution in [1.29, 1.82) is 0 Å². The van der Waals surface area contributed by atoms with E-state index in [1.165, 1.54) is 36.6 Å². The van der Waals surface area contributed by atoms with Crippen LogP contribution < -0.4 is 0 Å². The number of fused-ring (bicyclic) bond motifs is 1. The van der Waals surface area contributed by atoms with Gasteiger partial charge in [-0.1, -0.05) is 38.0 Å². The monoisotopic (exact) mass is 199 g/mol. The first kappa shape index (κ1) is 10.2. The van der Waals surface area contributed by atoms with Gasteiger partial charge in [-0.25, -0.2) is 0 Å². The van der Waals surface area contributed by atoms with Crippen LogP contribution in [-0.4, -0.2) is 4.98 Å². The lowest BCUT2D eigenvalue weighted by molar-refractivity contribution is 0.718. The Hall–Kier alpha value is -1.37. The number of rotatable bonds is 4. The molecule has 0 radical (unpaired) electrons. The van der Waals surface area contributed by atoms with E-state index < -0.39 is 0 Å². The Labute approximate surface area is 91.2 Å². The zero-order valence-corrected chi connectivity index (χ0v) is 9.24. The molecule has 1 nitrogen and oxygen atoms in total. The summed E-state index contributed by atoms with van der Waals surface area (Å²) in [5, 5.41) is 1.23. The summed E-state index contributed by atoms with van der Waals surface area (Å²) in [6.07, 6.45) is 6.93. The highest BCUT2D eigenvalue weighted by molar-refractivity contribution is 5.78. The maximum absolute atomic E-state index is 4.37. The second kappa shape index (κ2) is 4.92. The molecule has 0 N–H and O–H groups in total. The summed E-state index contributed by atoms with van der Waals surface area (Å²) in [6.45, 7) is 2.24. The average molecular weight is 199 g/mol. The van der Waals surface area contributed by atoms with E-state index in [9.17, 15) is 0 Å². The highest BCUT2D eigenvalue weighted by Crippen LogP contribution is 2.15. The van der Waals surface area contributed by atoms with Crippen molar-refractivity contribution < 1.29 is 0 Å². The number of unbranched alkanes of at least 4 members (excludes halogenated alkanes) is 2. The van der Waals surface area contributed by atoms with Crippen molar-refractivity contribution in [3.63, 3.8) is 0 Å². The maximum Gasteiger partial charge on any atom is 0.0704 e. The summed E-state index contributed by atoms with van der Waals surface area (Å²) in [6, 6.07) is 10.7. The van der Waals surface area contributed by atoms with E-state index in [0.29, 0.717) is 0 Å². The van der Waals surface area contributed by atoms with Crippen LogP contribution in [0.15, 0.2) is 36.5 Å². The Morgan fingerprint density at radius 3 is 2.93 bits per heavy atom. The standard InChI is InChI=1S/C14H17N/c1-2-3-4-6-12-8-9-13-7-5-10-15-14(13)11-12/h5,7-11H,2-4,6H2,1H3. The van der Waals surface area contributed by atoms with Crippen molar-refractivity contribution in [2.75, 3.05) is 0 Å². The summed E-state index contributed by atoms with van der Waals surface area (Å²) in [7, 11) is 0. The van der Waals surface area contributed by atoms with Gasteiger partial charge in [0.2, 0.25) is 0 Å². The quantitative estimate of drug-likeness (QED) is 0.679. The highest BCUT2D eigenvalue weighted by atomic mass is 14.6. The summed E-state index contributed by atoms with van der Waals surface area (Å²) in [5.74, 6) is 0. The van der Waals surface area contributed by atoms with E-state index in [-0.39, 0.29) is 0 Å². The second-order valence-electron chi connectivity index (χ2n) is 3.99. The average Bonchev–Trinajstić information content (AvgIpc) is 2.29. The van der Waals surface area contributed by atoms with E-state index in [0.717, 1.165) is 5.52 Å². The van der Waals surface area contributed by atoms with Crippen molar-refractivity contribution in [3.05, 3.63) is 42.1 Å². The molecule has 0 saturated carbocycles. The van der Waals surface area contributed by atoms with Crippen molar-refractivity contribution in [1.82, 2.24) is 4.98 Å². The minimum absolute atomic E-state index is 1.12. The molecule has 0 aliphatic carbocycles. The van der Waals surface area contributed by atoms with Gasteiger partial charge in [0.25, 0.3) is 0 Å². The summed E-state index contributed by atoms with van der Waals surface area (Å²) < 4.78 is 0. The molecule has 0 spiro atoms. The minimum atomic E-state index is 1.12. The number of hydrogen-bond donors (Lipinski definition) is 0. The predicted octanol–water partition coefficient (Wildman–Crippen LogP) is 3.97. The molecule has 15 heavy (non-hydrogen) atoms. The Bertz CT molecular complexity index is 434. The molecule has 2 rings (SSSR count). The number of pyridine rings is 1. The molecule has 0 amide bonds. The van der Waals surface area contributed by atoms with E-state index >= 15 is 0 Å². The molecule has 0 fully saturated rings. The molecule has 0 unspecified atom stereocenters. The fourth-order valence-electron chi connectivity index (χ4n) is 1.85. The van der Waals surface area contributed by atoms with Crippen LogP contribution >= 0.6 is 0 Å². The maximum atomic E-state index is 4.37. The third-order valence-corrected chi connectivity index (χ3v) is 2.74. The molecule has 1 heteroatoms. The zero-order valence-electron chi connectivity index (χ0n) is 9.24. The molecule has 0 aliphatic rings. The molecule has 1 aromatic carbocycles. The Kier molecular flexibility index (Phi) is 3.33. The van der Waals surface area contributed by atoms with Crippen LogP contribution in [0.1, 0.15) is 31.7 Å². The van der Waals surface area contributed by atoms with Gasteiger partial charge < -0.3 is 0 Å². The third kappa shape index (κ3) is 2.56. The normalized spacial score (nSPS) is 10.7. The van der Waals surface area contributed by atoms with Crippen LogP contribution in [0.5, 0.6) is 0 Å². The largest absolute Gasteiger partial charge is 0.256 e. The molecule has 78 valence electrons. The van der Waals surface area contributed by atoms with Gasteiger partial charge in [0, 0.05) is 11.6 Å². The predicted molar refractivity (Wildman–Crippen MR) is 65.0 cm³/mol. The Morgan fingerprint density at radius 2 is 2.07 bits per heavy atom. The molecule has 0 atom stereocenters. The molecule has 1 heterocycles. The van der Waals surface area contributed by atoms with Crippen LogP contribution in [0.25, 0.3) is 10.9 Å². The Balaban J connectivity index is 2.16. The topological polar surface area (TPSA) is 12.9 Å². The number of hydrogen-bond acceptors (Lipinski definition) is 1. The summed E-state index contributed by atoms with van der Waals surface area (Å²) in [4.78, 5) is 4.37. The molecule has 1 aromatic heterocycles. The fourth-order valence-corrected chi connectivity index (χ4v) is 1.85. The first-order valence-electron chi connectivity index (χ1n) is 5.74. The van der Waals surface area contributed by atoms with Gasteiger partial charge in [0.05, 0.1) is 5.52 Å². The van der Waals surface area contributed by atoms with Crippen molar-refractivity contribution in [2.45, 2.75) is 32.6 Å².